The molecular weight excluding hydrogens is 466 g/mol. The van der Waals surface area contributed by atoms with Gasteiger partial charge in [-0.2, -0.15) is 0 Å². The number of carbonyl (C=O) groups excluding carboxylic acids is 1. The van der Waals surface area contributed by atoms with Crippen LogP contribution < -0.4 is 10.4 Å². The summed E-state index contributed by atoms with van der Waals surface area (Å²) in [5.41, 5.74) is -0.592. The van der Waals surface area contributed by atoms with Crippen molar-refractivity contribution in [3.8, 4) is 0 Å². The van der Waals surface area contributed by atoms with Gasteiger partial charge >= 0.3 is 6.09 Å². The molecule has 2 fully saturated rings. The van der Waals surface area contributed by atoms with E-state index in [1.165, 1.54) is 10.4 Å². The molecule has 0 N–H and O–H groups in total. The lowest BCUT2D eigenvalue weighted by atomic mass is 10.1. The lowest BCUT2D eigenvalue weighted by Gasteiger charge is -2.45. The molecule has 34 heavy (non-hydrogen) atoms. The van der Waals surface area contributed by atoms with Crippen LogP contribution in [0, 0.1) is 0 Å². The van der Waals surface area contributed by atoms with Crippen molar-refractivity contribution in [3.05, 3.63) is 60.7 Å². The molecule has 2 saturated heterocycles. The Bertz CT molecular complexity index is 950. The summed E-state index contributed by atoms with van der Waals surface area (Å²) < 4.78 is 19.2. The maximum absolute atomic E-state index is 13.1. The Balaban J connectivity index is 1.77. The fourth-order valence-electron chi connectivity index (χ4n) is 5.26. The maximum Gasteiger partial charge on any atom is 0.410 e. The van der Waals surface area contributed by atoms with E-state index in [4.69, 9.17) is 25.5 Å². The van der Waals surface area contributed by atoms with Gasteiger partial charge in [-0.15, -0.1) is 11.6 Å². The van der Waals surface area contributed by atoms with E-state index in [1.807, 2.05) is 32.9 Å². The number of alkyl halides is 1. The number of ether oxygens (including phenoxy) is 2. The summed E-state index contributed by atoms with van der Waals surface area (Å²) in [5, 5.41) is 1.91. The normalized spacial score (nSPS) is 25.3. The summed E-state index contributed by atoms with van der Waals surface area (Å²) in [5.74, 6) is 0. The number of hydrogen-bond acceptors (Lipinski definition) is 4. The van der Waals surface area contributed by atoms with E-state index in [1.54, 1.807) is 4.90 Å². The van der Waals surface area contributed by atoms with Gasteiger partial charge in [0.05, 0.1) is 30.2 Å². The first-order valence-corrected chi connectivity index (χ1v) is 14.3. The summed E-state index contributed by atoms with van der Waals surface area (Å²) in [6.07, 6.45) is -0.961. The minimum absolute atomic E-state index is 0.177. The van der Waals surface area contributed by atoms with Crippen molar-refractivity contribution in [2.45, 2.75) is 75.8 Å². The topological polar surface area (TPSA) is 48.0 Å². The highest BCUT2D eigenvalue weighted by molar-refractivity contribution is 6.99. The minimum atomic E-state index is -2.81. The number of nitrogens with zero attached hydrogens (tertiary/aromatic N) is 1. The van der Waals surface area contributed by atoms with Gasteiger partial charge in [-0.3, -0.25) is 4.90 Å². The standard InChI is InChI=1S/C27H36ClNO4Si/c1-26(2,3)32-25(30)29-17-21(28)24-23(29)22(18-31-24)33-34(27(4,5)6,19-13-9-7-10-14-19)20-15-11-8-12-16-20/h7-16,21-24H,17-18H2,1-6H3/t21-,22+,23-,24-/m1/s1. The van der Waals surface area contributed by atoms with E-state index in [-0.39, 0.29) is 34.8 Å². The summed E-state index contributed by atoms with van der Waals surface area (Å²) in [6, 6.07) is 20.7. The van der Waals surface area contributed by atoms with E-state index < -0.39 is 13.9 Å². The highest BCUT2D eigenvalue weighted by atomic mass is 35.5. The van der Waals surface area contributed by atoms with Gasteiger partial charge in [0.15, 0.2) is 0 Å². The molecule has 0 unspecified atom stereocenters. The molecule has 0 radical (unpaired) electrons. The number of benzene rings is 2. The molecule has 1 amide bonds. The Morgan fingerprint density at radius 2 is 1.50 bits per heavy atom. The highest BCUT2D eigenvalue weighted by Crippen LogP contribution is 2.42. The average molecular weight is 502 g/mol. The predicted octanol–water partition coefficient (Wildman–Crippen LogP) is 4.56. The molecule has 0 saturated carbocycles. The molecule has 5 nitrogen and oxygen atoms in total. The zero-order chi connectivity index (χ0) is 24.7. The number of carbonyl (C=O) groups is 1. The molecule has 2 aliphatic heterocycles. The SMILES string of the molecule is CC(C)(C)OC(=O)N1C[C@@H](Cl)[C@H]2OC[C@H](O[Si](c3ccccc3)(c3ccccc3)C(C)(C)C)[C@H]21. The highest BCUT2D eigenvalue weighted by Gasteiger charge is 2.58. The van der Waals surface area contributed by atoms with Crippen LogP contribution in [0.5, 0.6) is 0 Å². The fraction of sp³-hybridized carbons (Fsp3) is 0.519. The van der Waals surface area contributed by atoms with Crippen LogP contribution >= 0.6 is 11.6 Å². The Morgan fingerprint density at radius 3 is 1.97 bits per heavy atom. The van der Waals surface area contributed by atoms with Crippen LogP contribution in [-0.4, -0.2) is 61.7 Å². The number of hydrogen-bond donors (Lipinski definition) is 0. The molecule has 184 valence electrons. The second-order valence-electron chi connectivity index (χ2n) is 11.3. The third kappa shape index (κ3) is 4.65. The van der Waals surface area contributed by atoms with Crippen molar-refractivity contribution in [1.82, 2.24) is 4.90 Å². The molecular formula is C27H36ClNO4Si. The number of halogens is 1. The van der Waals surface area contributed by atoms with Crippen LogP contribution in [-0.2, 0) is 13.9 Å². The van der Waals surface area contributed by atoms with Crippen molar-refractivity contribution in [3.63, 3.8) is 0 Å². The third-order valence-corrected chi connectivity index (χ3v) is 12.1. The zero-order valence-electron chi connectivity index (χ0n) is 21.0. The molecule has 0 bridgehead atoms. The summed E-state index contributed by atoms with van der Waals surface area (Å²) in [7, 11) is -2.81. The molecule has 2 aromatic rings. The van der Waals surface area contributed by atoms with Gasteiger partial charge < -0.3 is 13.9 Å². The average Bonchev–Trinajstić information content (AvgIpc) is 3.32. The van der Waals surface area contributed by atoms with Crippen molar-refractivity contribution in [2.75, 3.05) is 13.2 Å². The second kappa shape index (κ2) is 9.30. The second-order valence-corrected chi connectivity index (χ2v) is 16.1. The Hall–Kier alpha value is -1.86. The van der Waals surface area contributed by atoms with E-state index in [0.29, 0.717) is 13.2 Å². The zero-order valence-corrected chi connectivity index (χ0v) is 22.7. The maximum atomic E-state index is 13.1. The van der Waals surface area contributed by atoms with Gasteiger partial charge in [0.2, 0.25) is 0 Å². The van der Waals surface area contributed by atoms with Crippen molar-refractivity contribution in [1.29, 1.82) is 0 Å². The van der Waals surface area contributed by atoms with Crippen LogP contribution in [0.1, 0.15) is 41.5 Å². The van der Waals surface area contributed by atoms with Crippen molar-refractivity contribution < 1.29 is 18.7 Å². The van der Waals surface area contributed by atoms with Gasteiger partial charge in [-0.1, -0.05) is 81.4 Å². The third-order valence-electron chi connectivity index (χ3n) is 6.63. The molecule has 2 heterocycles. The summed E-state index contributed by atoms with van der Waals surface area (Å²) in [4.78, 5) is 14.9. The van der Waals surface area contributed by atoms with Gasteiger partial charge in [-0.05, 0) is 36.2 Å². The molecule has 0 spiro atoms. The monoisotopic (exact) mass is 501 g/mol. The fourth-order valence-corrected chi connectivity index (χ4v) is 10.3. The molecule has 4 atom stereocenters. The first-order chi connectivity index (χ1) is 15.9. The minimum Gasteiger partial charge on any atom is -0.444 e. The molecule has 4 rings (SSSR count). The first-order valence-electron chi connectivity index (χ1n) is 12.0. The first kappa shape index (κ1) is 25.2. The molecule has 2 aliphatic rings. The molecule has 0 aliphatic carbocycles. The van der Waals surface area contributed by atoms with E-state index >= 15 is 0 Å². The molecule has 0 aromatic heterocycles. The quantitative estimate of drug-likeness (QED) is 0.455. The van der Waals surface area contributed by atoms with Crippen LogP contribution in [0.3, 0.4) is 0 Å². The number of fused-ring (bicyclic) bond motifs is 1. The summed E-state index contributed by atoms with van der Waals surface area (Å²) in [6.45, 7) is 13.1. The van der Waals surface area contributed by atoms with Gasteiger partial charge in [-0.25, -0.2) is 4.79 Å². The van der Waals surface area contributed by atoms with Crippen LogP contribution in [0.2, 0.25) is 5.04 Å². The number of likely N-dealkylation sites (tertiary alicyclic amines) is 1. The largest absolute Gasteiger partial charge is 0.444 e. The van der Waals surface area contributed by atoms with Crippen molar-refractivity contribution in [2.24, 2.45) is 0 Å². The van der Waals surface area contributed by atoms with Gasteiger partial charge in [0.25, 0.3) is 8.32 Å². The van der Waals surface area contributed by atoms with E-state index in [9.17, 15) is 4.79 Å². The number of amides is 1. The lowest BCUT2D eigenvalue weighted by Crippen LogP contribution is -2.69. The predicted molar refractivity (Wildman–Crippen MR) is 139 cm³/mol. The molecule has 2 aromatic carbocycles. The Labute approximate surface area is 209 Å². The van der Waals surface area contributed by atoms with E-state index in [2.05, 4.69) is 69.3 Å². The van der Waals surface area contributed by atoms with Gasteiger partial charge in [0, 0.05) is 6.54 Å². The lowest BCUT2D eigenvalue weighted by molar-refractivity contribution is 0.0122. The van der Waals surface area contributed by atoms with Crippen LogP contribution in [0.15, 0.2) is 60.7 Å². The van der Waals surface area contributed by atoms with Crippen LogP contribution in [0.25, 0.3) is 0 Å². The van der Waals surface area contributed by atoms with Gasteiger partial charge in [0.1, 0.15) is 5.60 Å². The number of rotatable bonds is 4. The molecule has 7 heteroatoms. The Morgan fingerprint density at radius 1 is 0.971 bits per heavy atom. The van der Waals surface area contributed by atoms with E-state index in [0.717, 1.165) is 0 Å². The summed E-state index contributed by atoms with van der Waals surface area (Å²) >= 11 is 6.67. The smallest absolute Gasteiger partial charge is 0.410 e. The Kier molecular flexibility index (Phi) is 6.90. The van der Waals surface area contributed by atoms with Crippen molar-refractivity contribution >= 4 is 36.4 Å². The van der Waals surface area contributed by atoms with Crippen LogP contribution in [0.4, 0.5) is 4.79 Å².